The SMILES string of the molecule is CCCCS(=O)(=O)N(N)C(c1ccc(OCCCOc2ccc(C(=O)C(F)(F)F)cc2)cc1)C(F)(F)F. The number of ketones is 1. The number of sulfonamides is 1. The van der Waals surface area contributed by atoms with Crippen molar-refractivity contribution < 1.29 is 49.0 Å². The summed E-state index contributed by atoms with van der Waals surface area (Å²) >= 11 is 0. The Balaban J connectivity index is 1.90. The van der Waals surface area contributed by atoms with Crippen LogP contribution in [0.15, 0.2) is 48.5 Å². The van der Waals surface area contributed by atoms with E-state index in [0.29, 0.717) is 12.8 Å². The van der Waals surface area contributed by atoms with Gasteiger partial charge < -0.3 is 9.47 Å². The largest absolute Gasteiger partial charge is 0.493 e. The third-order valence-corrected chi connectivity index (χ3v) is 6.70. The lowest BCUT2D eigenvalue weighted by Crippen LogP contribution is -2.47. The van der Waals surface area contributed by atoms with Crippen LogP contribution in [0.25, 0.3) is 0 Å². The Morgan fingerprint density at radius 1 is 0.892 bits per heavy atom. The number of alkyl halides is 6. The molecule has 2 rings (SSSR count). The van der Waals surface area contributed by atoms with Crippen molar-refractivity contribution in [2.75, 3.05) is 19.0 Å². The second kappa shape index (κ2) is 12.6. The normalized spacial score (nSPS) is 13.4. The molecule has 14 heteroatoms. The maximum Gasteiger partial charge on any atom is 0.454 e. The zero-order chi connectivity index (χ0) is 27.9. The molecule has 0 heterocycles. The number of Topliss-reactive ketones (excluding diaryl/α,β-unsaturated/α-hetero) is 1. The van der Waals surface area contributed by atoms with Crippen LogP contribution in [0, 0.1) is 0 Å². The van der Waals surface area contributed by atoms with Gasteiger partial charge in [0, 0.05) is 12.0 Å². The summed E-state index contributed by atoms with van der Waals surface area (Å²) in [6, 6.07) is 6.51. The highest BCUT2D eigenvalue weighted by Gasteiger charge is 2.48. The van der Waals surface area contributed by atoms with E-state index in [9.17, 15) is 39.6 Å². The van der Waals surface area contributed by atoms with Crippen molar-refractivity contribution in [3.63, 3.8) is 0 Å². The van der Waals surface area contributed by atoms with Crippen LogP contribution in [-0.2, 0) is 10.0 Å². The molecule has 1 atom stereocenters. The molecule has 1 unspecified atom stereocenters. The molecule has 0 aliphatic rings. The maximum atomic E-state index is 13.7. The Morgan fingerprint density at radius 3 is 1.81 bits per heavy atom. The molecule has 0 saturated carbocycles. The lowest BCUT2D eigenvalue weighted by Gasteiger charge is -2.29. The summed E-state index contributed by atoms with van der Waals surface area (Å²) in [5.74, 6) is 3.40. The minimum absolute atomic E-state index is 0.0983. The van der Waals surface area contributed by atoms with Gasteiger partial charge in [-0.3, -0.25) is 10.6 Å². The molecular formula is C23H26F6N2O5S. The minimum atomic E-state index is -4.97. The van der Waals surface area contributed by atoms with Crippen LogP contribution in [-0.4, -0.2) is 49.9 Å². The van der Waals surface area contributed by atoms with Crippen LogP contribution >= 0.6 is 0 Å². The van der Waals surface area contributed by atoms with E-state index in [4.69, 9.17) is 15.3 Å². The lowest BCUT2D eigenvalue weighted by molar-refractivity contribution is -0.174. The molecule has 0 aliphatic carbocycles. The maximum absolute atomic E-state index is 13.7. The van der Waals surface area contributed by atoms with Gasteiger partial charge in [0.05, 0.1) is 19.0 Å². The number of unbranched alkanes of at least 4 members (excludes halogenated alkanes) is 1. The van der Waals surface area contributed by atoms with Crippen LogP contribution in [0.5, 0.6) is 11.5 Å². The average Bonchev–Trinajstić information content (AvgIpc) is 2.82. The molecule has 2 aromatic carbocycles. The Bertz CT molecular complexity index is 1120. The summed E-state index contributed by atoms with van der Waals surface area (Å²) in [6.07, 6.45) is -8.97. The number of carbonyl (C=O) groups excluding carboxylic acids is 1. The molecule has 7 nitrogen and oxygen atoms in total. The van der Waals surface area contributed by atoms with Crippen molar-refractivity contribution in [3.05, 3.63) is 59.7 Å². The Hall–Kier alpha value is -2.84. The van der Waals surface area contributed by atoms with E-state index in [0.717, 1.165) is 24.3 Å². The number of benzene rings is 2. The minimum Gasteiger partial charge on any atom is -0.493 e. The van der Waals surface area contributed by atoms with Gasteiger partial charge in [-0.2, -0.15) is 26.3 Å². The number of rotatable bonds is 13. The van der Waals surface area contributed by atoms with Crippen LogP contribution in [0.1, 0.15) is 48.1 Å². The molecule has 37 heavy (non-hydrogen) atoms. The molecule has 2 N–H and O–H groups in total. The van der Waals surface area contributed by atoms with E-state index < -0.39 is 45.5 Å². The topological polar surface area (TPSA) is 98.9 Å². The molecular weight excluding hydrogens is 530 g/mol. The van der Waals surface area contributed by atoms with Gasteiger partial charge in [0.1, 0.15) is 11.5 Å². The average molecular weight is 557 g/mol. The van der Waals surface area contributed by atoms with E-state index in [1.165, 1.54) is 24.3 Å². The third-order valence-electron chi connectivity index (χ3n) is 5.04. The highest BCUT2D eigenvalue weighted by molar-refractivity contribution is 7.89. The number of nitrogens with zero attached hydrogens (tertiary/aromatic N) is 1. The van der Waals surface area contributed by atoms with Gasteiger partial charge in [0.2, 0.25) is 10.0 Å². The van der Waals surface area contributed by atoms with Gasteiger partial charge in [-0.15, -0.1) is 4.41 Å². The summed E-state index contributed by atoms with van der Waals surface area (Å²) in [5.41, 5.74) is -0.895. The van der Waals surface area contributed by atoms with Crippen molar-refractivity contribution in [3.8, 4) is 11.5 Å². The van der Waals surface area contributed by atoms with Gasteiger partial charge in [-0.25, -0.2) is 8.42 Å². The van der Waals surface area contributed by atoms with Crippen LogP contribution in [0.3, 0.4) is 0 Å². The summed E-state index contributed by atoms with van der Waals surface area (Å²) in [6.45, 7) is 1.91. The molecule has 0 spiro atoms. The monoisotopic (exact) mass is 556 g/mol. The Morgan fingerprint density at radius 2 is 1.38 bits per heavy atom. The van der Waals surface area contributed by atoms with E-state index >= 15 is 0 Å². The smallest absolute Gasteiger partial charge is 0.454 e. The second-order valence-electron chi connectivity index (χ2n) is 7.91. The van der Waals surface area contributed by atoms with Gasteiger partial charge in [0.15, 0.2) is 6.04 Å². The molecule has 0 bridgehead atoms. The van der Waals surface area contributed by atoms with Crippen molar-refractivity contribution >= 4 is 15.8 Å². The van der Waals surface area contributed by atoms with Crippen LogP contribution < -0.4 is 15.3 Å². The van der Waals surface area contributed by atoms with Crippen molar-refractivity contribution in [1.29, 1.82) is 0 Å². The predicted molar refractivity (Wildman–Crippen MR) is 122 cm³/mol. The fourth-order valence-corrected chi connectivity index (χ4v) is 4.55. The first kappa shape index (κ1) is 30.4. The Labute approximate surface area is 210 Å². The van der Waals surface area contributed by atoms with Gasteiger partial charge >= 0.3 is 12.4 Å². The van der Waals surface area contributed by atoms with Gasteiger partial charge in [0.25, 0.3) is 5.78 Å². The first-order chi connectivity index (χ1) is 17.2. The predicted octanol–water partition coefficient (Wildman–Crippen LogP) is 5.19. The zero-order valence-corrected chi connectivity index (χ0v) is 20.5. The fourth-order valence-electron chi connectivity index (χ4n) is 3.12. The standard InChI is InChI=1S/C23H26F6N2O5S/c1-2-3-15-37(33,34)31(30)20(22(24,25)26)16-5-9-18(10-6-16)35-13-4-14-36-19-11-7-17(8-12-19)21(32)23(27,28)29/h5-12,20H,2-4,13-15,30H2,1H3. The lowest BCUT2D eigenvalue weighted by atomic mass is 10.1. The van der Waals surface area contributed by atoms with Crippen molar-refractivity contribution in [1.82, 2.24) is 4.41 Å². The number of nitrogens with two attached hydrogens (primary N) is 1. The number of hydrogen-bond donors (Lipinski definition) is 1. The molecule has 0 aliphatic heterocycles. The third kappa shape index (κ3) is 8.90. The summed E-state index contributed by atoms with van der Waals surface area (Å²) < 4.78 is 113. The molecule has 206 valence electrons. The van der Waals surface area contributed by atoms with Crippen molar-refractivity contribution in [2.24, 2.45) is 5.84 Å². The molecule has 0 aromatic heterocycles. The number of carbonyl (C=O) groups is 1. The van der Waals surface area contributed by atoms with Gasteiger partial charge in [-0.1, -0.05) is 25.5 Å². The highest BCUT2D eigenvalue weighted by atomic mass is 32.2. The first-order valence-electron chi connectivity index (χ1n) is 11.1. The zero-order valence-electron chi connectivity index (χ0n) is 19.7. The van der Waals surface area contributed by atoms with Crippen LogP contribution in [0.4, 0.5) is 26.3 Å². The highest BCUT2D eigenvalue weighted by Crippen LogP contribution is 2.38. The molecule has 0 radical (unpaired) electrons. The molecule has 2 aromatic rings. The number of hydrazine groups is 1. The number of ether oxygens (including phenoxy) is 2. The van der Waals surface area contributed by atoms with E-state index in [1.807, 2.05) is 0 Å². The van der Waals surface area contributed by atoms with Crippen molar-refractivity contribution in [2.45, 2.75) is 44.6 Å². The molecule has 0 saturated heterocycles. The van der Waals surface area contributed by atoms with E-state index in [2.05, 4.69) is 0 Å². The number of hydrogen-bond acceptors (Lipinski definition) is 6. The Kier molecular flexibility index (Phi) is 10.4. The quantitative estimate of drug-likeness (QED) is 0.120. The first-order valence-corrected chi connectivity index (χ1v) is 12.7. The number of halogens is 6. The molecule has 0 fully saturated rings. The second-order valence-corrected chi connectivity index (χ2v) is 9.91. The van der Waals surface area contributed by atoms with E-state index in [-0.39, 0.29) is 41.1 Å². The summed E-state index contributed by atoms with van der Waals surface area (Å²) in [4.78, 5) is 11.2. The summed E-state index contributed by atoms with van der Waals surface area (Å²) in [5, 5.41) is 0. The summed E-state index contributed by atoms with van der Waals surface area (Å²) in [7, 11) is -4.34. The van der Waals surface area contributed by atoms with Gasteiger partial charge in [-0.05, 0) is 48.4 Å². The molecule has 0 amide bonds. The van der Waals surface area contributed by atoms with Crippen LogP contribution in [0.2, 0.25) is 0 Å². The fraction of sp³-hybridized carbons (Fsp3) is 0.435. The van der Waals surface area contributed by atoms with E-state index in [1.54, 1.807) is 6.92 Å².